The first kappa shape index (κ1) is 19.8. The molecule has 6 nitrogen and oxygen atoms in total. The molecule has 0 aliphatic heterocycles. The largest absolute Gasteiger partial charge is 1.00 e. The predicted octanol–water partition coefficient (Wildman–Crippen LogP) is -7.91. The normalized spacial score (nSPS) is 11.3. The van der Waals surface area contributed by atoms with Crippen LogP contribution in [0.3, 0.4) is 0 Å². The van der Waals surface area contributed by atoms with Crippen molar-refractivity contribution >= 4 is 15.2 Å². The van der Waals surface area contributed by atoms with Crippen LogP contribution in [0.4, 0.5) is 0 Å². The number of hydrogen-bond acceptors (Lipinski definition) is 4. The van der Waals surface area contributed by atoms with Gasteiger partial charge in [0.2, 0.25) is 0 Å². The number of rotatable bonds is 3. The minimum Gasteiger partial charge on any atom is -0.811 e. The summed E-state index contributed by atoms with van der Waals surface area (Å²) in [6.45, 7) is 0. The van der Waals surface area contributed by atoms with Crippen molar-refractivity contribution < 1.29 is 87.8 Å². The number of hydrogen-bond donors (Lipinski definition) is 2. The van der Waals surface area contributed by atoms with Crippen molar-refractivity contribution in [3.8, 4) is 0 Å². The van der Waals surface area contributed by atoms with Gasteiger partial charge >= 0.3 is 66.7 Å². The average molecular weight is 234 g/mol. The fourth-order valence-electron chi connectivity index (χ4n) is 0.253. The van der Waals surface area contributed by atoms with E-state index in [0.717, 1.165) is 0 Å². The summed E-state index contributed by atoms with van der Waals surface area (Å²) in [6.07, 6.45) is -1.88. The molecule has 0 aromatic heterocycles. The topological polar surface area (TPSA) is 121 Å². The zero-order valence-corrected chi connectivity index (χ0v) is 12.6. The van der Waals surface area contributed by atoms with Gasteiger partial charge in [0.25, 0.3) is 0 Å². The second kappa shape index (κ2) is 7.57. The first-order chi connectivity index (χ1) is 4.21. The van der Waals surface area contributed by atoms with Gasteiger partial charge in [0.15, 0.2) is 0 Å². The van der Waals surface area contributed by atoms with Gasteiger partial charge in [-0.3, -0.25) is 4.57 Å². The van der Waals surface area contributed by atoms with Crippen LogP contribution < -0.4 is 68.9 Å². The average Bonchev–Trinajstić information content (AvgIpc) is 1.57. The Labute approximate surface area is 114 Å². The van der Waals surface area contributed by atoms with Crippen LogP contribution >= 0.6 is 15.2 Å². The van der Waals surface area contributed by atoms with E-state index in [9.17, 15) is 18.9 Å². The molecule has 0 unspecified atom stereocenters. The van der Waals surface area contributed by atoms with Crippen LogP contribution in [0.2, 0.25) is 0 Å². The maximum absolute atomic E-state index is 9.97. The third-order valence-corrected chi connectivity index (χ3v) is 2.60. The molecule has 0 aromatic carbocycles. The quantitative estimate of drug-likeness (QED) is 0.369. The summed E-state index contributed by atoms with van der Waals surface area (Å²) in [5, 5.41) is 0. The Balaban J connectivity index is -0.000000405. The molecule has 12 heavy (non-hydrogen) atoms. The Morgan fingerprint density at radius 1 is 1.00 bits per heavy atom. The standard InChI is InChI=1S/C2H8O6P2.2Na/c3-9(4,5)1-2-10(6,7)8;;/h1-2H2,(H2,3,4,5)(H2,6,7,8);;/q;2*+1/p-2. The molecule has 0 aliphatic rings. The zero-order chi connectivity index (χ0) is 8.41. The van der Waals surface area contributed by atoms with E-state index in [-0.39, 0.29) is 59.1 Å². The third-order valence-electron chi connectivity index (χ3n) is 0.665. The van der Waals surface area contributed by atoms with E-state index in [0.29, 0.717) is 0 Å². The van der Waals surface area contributed by atoms with Crippen LogP contribution in [-0.4, -0.2) is 22.1 Å². The Kier molecular flexibility index (Phi) is 12.5. The van der Waals surface area contributed by atoms with Crippen LogP contribution in [0.5, 0.6) is 0 Å². The molecule has 0 aliphatic carbocycles. The summed E-state index contributed by atoms with van der Waals surface area (Å²) in [5.41, 5.74) is 0. The maximum atomic E-state index is 9.97. The molecule has 0 atom stereocenters. The molecule has 2 N–H and O–H groups in total. The van der Waals surface area contributed by atoms with Crippen LogP contribution in [-0.2, 0) is 9.13 Å². The van der Waals surface area contributed by atoms with Crippen LogP contribution in [0, 0.1) is 0 Å². The van der Waals surface area contributed by atoms with E-state index < -0.39 is 27.5 Å². The van der Waals surface area contributed by atoms with Crippen molar-refractivity contribution in [2.75, 3.05) is 12.3 Å². The Hall–Kier alpha value is 2.30. The van der Waals surface area contributed by atoms with E-state index in [2.05, 4.69) is 0 Å². The summed E-state index contributed by atoms with van der Waals surface area (Å²) in [4.78, 5) is 35.8. The van der Waals surface area contributed by atoms with Gasteiger partial charge in [0.05, 0.1) is 6.16 Å². The molecule has 0 saturated carbocycles. The summed E-state index contributed by atoms with van der Waals surface area (Å²) in [6, 6.07) is 0. The van der Waals surface area contributed by atoms with Gasteiger partial charge in [-0.05, 0) is 6.16 Å². The fraction of sp³-hybridized carbons (Fsp3) is 1.00. The van der Waals surface area contributed by atoms with Gasteiger partial charge < -0.3 is 24.1 Å². The molecule has 0 heterocycles. The summed E-state index contributed by atoms with van der Waals surface area (Å²) in [5.74, 6) is 0. The summed E-state index contributed by atoms with van der Waals surface area (Å²) < 4.78 is 19.8. The molecule has 10 heteroatoms. The van der Waals surface area contributed by atoms with E-state index in [1.54, 1.807) is 0 Å². The van der Waals surface area contributed by atoms with Gasteiger partial charge in [-0.15, -0.1) is 0 Å². The summed E-state index contributed by atoms with van der Waals surface area (Å²) >= 11 is 0. The SMILES string of the molecule is O=P([O-])([O-])CCP(=O)(O)O.[Na+].[Na+]. The monoisotopic (exact) mass is 234 g/mol. The molecule has 0 radical (unpaired) electrons. The van der Waals surface area contributed by atoms with Crippen LogP contribution in [0.1, 0.15) is 0 Å². The van der Waals surface area contributed by atoms with E-state index in [1.165, 1.54) is 0 Å². The molecule has 0 fully saturated rings. The van der Waals surface area contributed by atoms with Crippen molar-refractivity contribution in [2.24, 2.45) is 0 Å². The maximum Gasteiger partial charge on any atom is 1.00 e. The summed E-state index contributed by atoms with van der Waals surface area (Å²) in [7, 11) is -9.09. The minimum absolute atomic E-state index is 0. The minimum atomic E-state index is -4.75. The van der Waals surface area contributed by atoms with E-state index in [1.807, 2.05) is 0 Å². The van der Waals surface area contributed by atoms with Crippen molar-refractivity contribution in [1.82, 2.24) is 0 Å². The van der Waals surface area contributed by atoms with Gasteiger partial charge in [0, 0.05) is 0 Å². The van der Waals surface area contributed by atoms with E-state index >= 15 is 0 Å². The third kappa shape index (κ3) is 18.2. The van der Waals surface area contributed by atoms with Gasteiger partial charge in [-0.2, -0.15) is 0 Å². The molecule has 0 amide bonds. The molecule has 0 spiro atoms. The van der Waals surface area contributed by atoms with Crippen molar-refractivity contribution in [3.05, 3.63) is 0 Å². The second-order valence-electron chi connectivity index (χ2n) is 1.72. The fourth-order valence-corrected chi connectivity index (χ4v) is 2.27. The van der Waals surface area contributed by atoms with Crippen LogP contribution in [0.25, 0.3) is 0 Å². The van der Waals surface area contributed by atoms with Crippen molar-refractivity contribution in [1.29, 1.82) is 0 Å². The second-order valence-corrected chi connectivity index (χ2v) is 5.17. The Morgan fingerprint density at radius 3 is 1.42 bits per heavy atom. The van der Waals surface area contributed by atoms with Crippen molar-refractivity contribution in [2.45, 2.75) is 0 Å². The molecule has 0 bridgehead atoms. The van der Waals surface area contributed by atoms with Crippen molar-refractivity contribution in [3.63, 3.8) is 0 Å². The van der Waals surface area contributed by atoms with Gasteiger partial charge in [0.1, 0.15) is 0 Å². The molecular formula is C2H6Na2O6P2. The molecular weight excluding hydrogens is 228 g/mol. The van der Waals surface area contributed by atoms with Crippen LogP contribution in [0.15, 0.2) is 0 Å². The van der Waals surface area contributed by atoms with E-state index in [4.69, 9.17) is 9.79 Å². The Bertz CT molecular complexity index is 172. The Morgan fingerprint density at radius 2 is 1.33 bits per heavy atom. The molecule has 62 valence electrons. The molecule has 0 saturated heterocycles. The first-order valence-corrected chi connectivity index (χ1v) is 5.79. The van der Waals surface area contributed by atoms with Gasteiger partial charge in [-0.1, -0.05) is 7.60 Å². The molecule has 0 aromatic rings. The van der Waals surface area contributed by atoms with Gasteiger partial charge in [-0.25, -0.2) is 0 Å². The predicted molar refractivity (Wildman–Crippen MR) is 29.4 cm³/mol. The smallest absolute Gasteiger partial charge is 0.811 e. The zero-order valence-electron chi connectivity index (χ0n) is 6.84. The molecule has 0 rings (SSSR count). The first-order valence-electron chi connectivity index (χ1n) is 2.26.